The van der Waals surface area contributed by atoms with Crippen molar-refractivity contribution in [1.29, 1.82) is 0 Å². The minimum atomic E-state index is -0.379. The van der Waals surface area contributed by atoms with Crippen LogP contribution in [0.25, 0.3) is 0 Å². The molecule has 1 saturated heterocycles. The lowest BCUT2D eigenvalue weighted by atomic mass is 9.83. The Hall–Kier alpha value is -1.09. The Morgan fingerprint density at radius 2 is 2.22 bits per heavy atom. The Labute approximate surface area is 109 Å². The molecule has 4 atom stereocenters. The largest absolute Gasteiger partial charge is 0.454 e. The molecule has 3 nitrogen and oxygen atoms in total. The molecule has 0 saturated carbocycles. The van der Waals surface area contributed by atoms with Crippen LogP contribution >= 0.6 is 0 Å². The second kappa shape index (κ2) is 5.27. The van der Waals surface area contributed by atoms with Crippen LogP contribution in [-0.2, 0) is 9.53 Å². The Kier molecular flexibility index (Phi) is 3.91. The summed E-state index contributed by atoms with van der Waals surface area (Å²) in [6.45, 7) is 7.96. The zero-order valence-electron chi connectivity index (χ0n) is 11.2. The van der Waals surface area contributed by atoms with Crippen molar-refractivity contribution in [2.24, 2.45) is 11.8 Å². The van der Waals surface area contributed by atoms with Gasteiger partial charge < -0.3 is 9.84 Å². The highest BCUT2D eigenvalue weighted by molar-refractivity contribution is 5.91. The molecule has 3 heteroatoms. The average molecular weight is 250 g/mol. The first kappa shape index (κ1) is 13.3. The predicted molar refractivity (Wildman–Crippen MR) is 69.9 cm³/mol. The number of esters is 1. The second-order valence-electron chi connectivity index (χ2n) is 5.69. The second-order valence-corrected chi connectivity index (χ2v) is 5.69. The van der Waals surface area contributed by atoms with E-state index in [-0.39, 0.29) is 30.0 Å². The molecule has 18 heavy (non-hydrogen) atoms. The number of fused-ring (bicyclic) bond motifs is 1. The molecule has 0 aromatic heterocycles. The van der Waals surface area contributed by atoms with Crippen molar-refractivity contribution < 1.29 is 14.6 Å². The third-order valence-corrected chi connectivity index (χ3v) is 4.18. The number of carbonyl (C=O) groups excluding carboxylic acids is 1. The number of carbonyl (C=O) groups is 1. The highest BCUT2D eigenvalue weighted by Gasteiger charge is 2.39. The Bertz CT molecular complexity index is 383. The Balaban J connectivity index is 2.24. The fourth-order valence-electron chi connectivity index (χ4n) is 2.81. The van der Waals surface area contributed by atoms with E-state index >= 15 is 0 Å². The van der Waals surface area contributed by atoms with Crippen molar-refractivity contribution in [1.82, 2.24) is 0 Å². The Morgan fingerprint density at radius 1 is 1.50 bits per heavy atom. The quantitative estimate of drug-likeness (QED) is 0.408. The van der Waals surface area contributed by atoms with Crippen LogP contribution in [0.2, 0.25) is 0 Å². The van der Waals surface area contributed by atoms with E-state index in [1.165, 1.54) is 5.57 Å². The van der Waals surface area contributed by atoms with Gasteiger partial charge in [-0.25, -0.2) is 4.79 Å². The average Bonchev–Trinajstić information content (AvgIpc) is 2.56. The highest BCUT2D eigenvalue weighted by Crippen LogP contribution is 2.35. The van der Waals surface area contributed by atoms with Crippen molar-refractivity contribution in [3.05, 3.63) is 23.8 Å². The van der Waals surface area contributed by atoms with Crippen LogP contribution in [0.5, 0.6) is 0 Å². The van der Waals surface area contributed by atoms with Gasteiger partial charge in [-0.3, -0.25) is 0 Å². The molecule has 2 aliphatic rings. The number of aliphatic hydroxyl groups excluding tert-OH is 1. The predicted octanol–water partition coefficient (Wildman–Crippen LogP) is 2.60. The number of allylic oxidation sites excluding steroid dienone is 1. The SMILES string of the molecule is C=C1C(=O)O[C@@H]2C=C(C)CCC[C@@H](C)[C@@H](O)C[C@@H]12. The van der Waals surface area contributed by atoms with Crippen molar-refractivity contribution in [2.45, 2.75) is 51.7 Å². The minimum Gasteiger partial charge on any atom is -0.454 e. The Morgan fingerprint density at radius 3 is 2.94 bits per heavy atom. The molecule has 0 aromatic carbocycles. The molecule has 100 valence electrons. The molecular formula is C15H22O3. The summed E-state index contributed by atoms with van der Waals surface area (Å²) in [6.07, 6.45) is 5.09. The lowest BCUT2D eigenvalue weighted by molar-refractivity contribution is -0.137. The number of rotatable bonds is 0. The molecule has 0 bridgehead atoms. The number of aliphatic hydroxyl groups is 1. The molecule has 0 spiro atoms. The normalized spacial score (nSPS) is 37.8. The third kappa shape index (κ3) is 2.66. The molecular weight excluding hydrogens is 228 g/mol. The first-order valence-electron chi connectivity index (χ1n) is 6.74. The third-order valence-electron chi connectivity index (χ3n) is 4.18. The maximum absolute atomic E-state index is 11.6. The molecule has 1 aliphatic heterocycles. The summed E-state index contributed by atoms with van der Waals surface area (Å²) in [5.41, 5.74) is 1.77. The molecule has 0 amide bonds. The van der Waals surface area contributed by atoms with Crippen LogP contribution in [0.15, 0.2) is 23.8 Å². The lowest BCUT2D eigenvalue weighted by Gasteiger charge is -2.25. The zero-order valence-corrected chi connectivity index (χ0v) is 11.2. The van der Waals surface area contributed by atoms with Gasteiger partial charge in [0.2, 0.25) is 0 Å². The summed E-state index contributed by atoms with van der Waals surface area (Å²) in [6, 6.07) is 0. The number of hydrogen-bond acceptors (Lipinski definition) is 3. The summed E-state index contributed by atoms with van der Waals surface area (Å²) in [5, 5.41) is 10.2. The summed E-state index contributed by atoms with van der Waals surface area (Å²) < 4.78 is 5.34. The number of ether oxygens (including phenoxy) is 1. The van der Waals surface area contributed by atoms with Crippen LogP contribution in [0, 0.1) is 11.8 Å². The smallest absolute Gasteiger partial charge is 0.334 e. The standard InChI is InChI=1S/C15H22O3/c1-9-5-4-6-10(2)13(16)8-12-11(3)15(17)18-14(12)7-9/h7,10,12-14,16H,3-6,8H2,1-2H3/t10-,12+,13+,14-/m1/s1. The van der Waals surface area contributed by atoms with Crippen LogP contribution in [0.4, 0.5) is 0 Å². The van der Waals surface area contributed by atoms with E-state index in [0.29, 0.717) is 12.0 Å². The maximum Gasteiger partial charge on any atom is 0.334 e. The summed E-state index contributed by atoms with van der Waals surface area (Å²) in [7, 11) is 0. The van der Waals surface area contributed by atoms with Gasteiger partial charge in [0.05, 0.1) is 6.10 Å². The van der Waals surface area contributed by atoms with Crippen molar-refractivity contribution in [2.75, 3.05) is 0 Å². The van der Waals surface area contributed by atoms with Crippen LogP contribution in [0.3, 0.4) is 0 Å². The van der Waals surface area contributed by atoms with Crippen LogP contribution in [-0.4, -0.2) is 23.3 Å². The molecule has 2 rings (SSSR count). The van der Waals surface area contributed by atoms with Crippen LogP contribution < -0.4 is 0 Å². The summed E-state index contributed by atoms with van der Waals surface area (Å²) in [5.74, 6) is -0.115. The monoisotopic (exact) mass is 250 g/mol. The van der Waals surface area contributed by atoms with E-state index in [1.54, 1.807) is 0 Å². The van der Waals surface area contributed by atoms with Gasteiger partial charge >= 0.3 is 5.97 Å². The first-order chi connectivity index (χ1) is 8.49. The van der Waals surface area contributed by atoms with E-state index in [0.717, 1.165) is 19.3 Å². The molecule has 1 aliphatic carbocycles. The molecule has 0 radical (unpaired) electrons. The van der Waals surface area contributed by atoms with Gasteiger partial charge in [-0.1, -0.05) is 19.1 Å². The summed E-state index contributed by atoms with van der Waals surface area (Å²) >= 11 is 0. The molecule has 0 unspecified atom stereocenters. The van der Waals surface area contributed by atoms with Gasteiger partial charge in [0, 0.05) is 11.5 Å². The van der Waals surface area contributed by atoms with Crippen LogP contribution in [0.1, 0.15) is 39.5 Å². The zero-order chi connectivity index (χ0) is 13.3. The number of hydrogen-bond donors (Lipinski definition) is 1. The van der Waals surface area contributed by atoms with Gasteiger partial charge in [0.25, 0.3) is 0 Å². The van der Waals surface area contributed by atoms with Gasteiger partial charge in [-0.2, -0.15) is 0 Å². The van der Waals surface area contributed by atoms with Gasteiger partial charge in [-0.05, 0) is 44.6 Å². The molecule has 1 N–H and O–H groups in total. The lowest BCUT2D eigenvalue weighted by Crippen LogP contribution is -2.26. The molecule has 1 heterocycles. The van der Waals surface area contributed by atoms with E-state index < -0.39 is 0 Å². The van der Waals surface area contributed by atoms with Gasteiger partial charge in [0.15, 0.2) is 0 Å². The van der Waals surface area contributed by atoms with E-state index in [4.69, 9.17) is 4.74 Å². The first-order valence-corrected chi connectivity index (χ1v) is 6.74. The van der Waals surface area contributed by atoms with Crippen molar-refractivity contribution in [3.63, 3.8) is 0 Å². The van der Waals surface area contributed by atoms with E-state index in [1.807, 2.05) is 6.08 Å². The minimum absolute atomic E-state index is 0.0667. The van der Waals surface area contributed by atoms with E-state index in [2.05, 4.69) is 20.4 Å². The highest BCUT2D eigenvalue weighted by atomic mass is 16.5. The molecule has 1 fully saturated rings. The van der Waals surface area contributed by atoms with Crippen molar-refractivity contribution >= 4 is 5.97 Å². The van der Waals surface area contributed by atoms with E-state index in [9.17, 15) is 9.90 Å². The van der Waals surface area contributed by atoms with Gasteiger partial charge in [0.1, 0.15) is 6.10 Å². The fraction of sp³-hybridized carbons (Fsp3) is 0.667. The molecule has 0 aromatic rings. The van der Waals surface area contributed by atoms with Gasteiger partial charge in [-0.15, -0.1) is 0 Å². The maximum atomic E-state index is 11.6. The topological polar surface area (TPSA) is 46.5 Å². The fourth-order valence-corrected chi connectivity index (χ4v) is 2.81. The summed E-state index contributed by atoms with van der Waals surface area (Å²) in [4.78, 5) is 11.6. The van der Waals surface area contributed by atoms with Crippen molar-refractivity contribution in [3.8, 4) is 0 Å².